The second-order valence-corrected chi connectivity index (χ2v) is 5.20. The predicted octanol–water partition coefficient (Wildman–Crippen LogP) is 3.37. The van der Waals surface area contributed by atoms with Crippen molar-refractivity contribution in [3.05, 3.63) is 65.5 Å². The number of carbonyl (C=O) groups is 1. The van der Waals surface area contributed by atoms with Crippen LogP contribution in [0, 0.1) is 6.92 Å². The maximum Gasteiger partial charge on any atom is 0.254 e. The summed E-state index contributed by atoms with van der Waals surface area (Å²) in [6.07, 6.45) is 3.87. The maximum atomic E-state index is 12.6. The van der Waals surface area contributed by atoms with E-state index >= 15 is 0 Å². The van der Waals surface area contributed by atoms with Crippen molar-refractivity contribution >= 4 is 5.91 Å². The lowest BCUT2D eigenvalue weighted by Crippen LogP contribution is -2.30. The van der Waals surface area contributed by atoms with Crippen LogP contribution in [-0.4, -0.2) is 22.3 Å². The molecule has 0 unspecified atom stereocenters. The quantitative estimate of drug-likeness (QED) is 0.835. The van der Waals surface area contributed by atoms with Gasteiger partial charge in [0.25, 0.3) is 5.91 Å². The molecule has 0 bridgehead atoms. The Morgan fingerprint density at radius 2 is 2.00 bits per heavy atom. The molecular weight excluding hydrogens is 248 g/mol. The van der Waals surface area contributed by atoms with Gasteiger partial charge in [-0.3, -0.25) is 9.78 Å². The van der Waals surface area contributed by atoms with E-state index in [-0.39, 0.29) is 11.9 Å². The number of carbonyl (C=O) groups excluding carboxylic acids is 1. The van der Waals surface area contributed by atoms with Crippen molar-refractivity contribution in [3.8, 4) is 0 Å². The zero-order valence-electron chi connectivity index (χ0n) is 11.6. The lowest BCUT2D eigenvalue weighted by molar-refractivity contribution is 0.0735. The topological polar surface area (TPSA) is 33.2 Å². The predicted molar refractivity (Wildman–Crippen MR) is 78.4 cm³/mol. The van der Waals surface area contributed by atoms with Crippen molar-refractivity contribution in [1.82, 2.24) is 9.88 Å². The summed E-state index contributed by atoms with van der Waals surface area (Å²) < 4.78 is 0. The van der Waals surface area contributed by atoms with Gasteiger partial charge in [-0.2, -0.15) is 0 Å². The molecule has 1 atom stereocenters. The molecule has 0 saturated carbocycles. The summed E-state index contributed by atoms with van der Waals surface area (Å²) >= 11 is 0. The molecule has 1 amide bonds. The van der Waals surface area contributed by atoms with Crippen LogP contribution in [-0.2, 0) is 0 Å². The van der Waals surface area contributed by atoms with E-state index in [1.54, 1.807) is 6.20 Å². The van der Waals surface area contributed by atoms with Crippen LogP contribution in [0.4, 0.5) is 0 Å². The average Bonchev–Trinajstić information content (AvgIpc) is 2.97. The summed E-state index contributed by atoms with van der Waals surface area (Å²) in [7, 11) is 0. The first-order chi connectivity index (χ1) is 9.77. The highest BCUT2D eigenvalue weighted by atomic mass is 16.2. The van der Waals surface area contributed by atoms with Gasteiger partial charge in [0.1, 0.15) is 0 Å². The number of nitrogens with zero attached hydrogens (tertiary/aromatic N) is 2. The Balaban J connectivity index is 1.90. The van der Waals surface area contributed by atoms with E-state index in [4.69, 9.17) is 0 Å². The van der Waals surface area contributed by atoms with E-state index < -0.39 is 0 Å². The third-order valence-electron chi connectivity index (χ3n) is 3.94. The summed E-state index contributed by atoms with van der Waals surface area (Å²) in [5.41, 5.74) is 2.96. The first-order valence-electron chi connectivity index (χ1n) is 7.05. The minimum Gasteiger partial charge on any atom is -0.332 e. The molecule has 1 saturated heterocycles. The van der Waals surface area contributed by atoms with Crippen LogP contribution >= 0.6 is 0 Å². The van der Waals surface area contributed by atoms with Crippen LogP contribution in [0.1, 0.15) is 40.5 Å². The second-order valence-electron chi connectivity index (χ2n) is 5.20. The molecular formula is C17H18N2O. The van der Waals surface area contributed by atoms with Gasteiger partial charge in [-0.15, -0.1) is 0 Å². The molecule has 0 N–H and O–H groups in total. The van der Waals surface area contributed by atoms with Crippen LogP contribution in [0.5, 0.6) is 0 Å². The van der Waals surface area contributed by atoms with Crippen LogP contribution in [0.3, 0.4) is 0 Å². The minimum absolute atomic E-state index is 0.122. The highest BCUT2D eigenvalue weighted by Crippen LogP contribution is 2.34. The Morgan fingerprint density at radius 1 is 1.20 bits per heavy atom. The van der Waals surface area contributed by atoms with Gasteiger partial charge in [0, 0.05) is 24.0 Å². The Hall–Kier alpha value is -2.16. The van der Waals surface area contributed by atoms with Crippen LogP contribution in [0.2, 0.25) is 0 Å². The highest BCUT2D eigenvalue weighted by Gasteiger charge is 2.31. The Bertz CT molecular complexity index is 609. The van der Waals surface area contributed by atoms with Gasteiger partial charge in [-0.1, -0.05) is 24.3 Å². The van der Waals surface area contributed by atoms with Gasteiger partial charge >= 0.3 is 0 Å². The van der Waals surface area contributed by atoms with E-state index in [9.17, 15) is 4.79 Å². The number of hydrogen-bond acceptors (Lipinski definition) is 2. The van der Waals surface area contributed by atoms with Gasteiger partial charge < -0.3 is 4.90 Å². The Kier molecular flexibility index (Phi) is 3.50. The standard InChI is InChI=1S/C17H18N2O/c1-13-15(9-5-11-18-13)16-10-6-12-19(16)17(20)14-7-3-2-4-8-14/h2-5,7-9,11,16H,6,10,12H2,1H3/t16-/m0/s1. The smallest absolute Gasteiger partial charge is 0.254 e. The average molecular weight is 266 g/mol. The summed E-state index contributed by atoms with van der Waals surface area (Å²) in [5, 5.41) is 0. The summed E-state index contributed by atoms with van der Waals surface area (Å²) in [4.78, 5) is 19.0. The van der Waals surface area contributed by atoms with E-state index in [1.807, 2.05) is 48.2 Å². The molecule has 0 radical (unpaired) electrons. The number of likely N-dealkylation sites (tertiary alicyclic amines) is 1. The normalized spacial score (nSPS) is 18.2. The van der Waals surface area contributed by atoms with E-state index in [0.717, 1.165) is 30.6 Å². The third kappa shape index (κ3) is 2.31. The van der Waals surface area contributed by atoms with Crippen molar-refractivity contribution in [2.45, 2.75) is 25.8 Å². The van der Waals surface area contributed by atoms with E-state index in [2.05, 4.69) is 11.1 Å². The molecule has 3 nitrogen and oxygen atoms in total. The number of pyridine rings is 1. The van der Waals surface area contributed by atoms with Crippen LogP contribution < -0.4 is 0 Å². The Morgan fingerprint density at radius 3 is 2.75 bits per heavy atom. The lowest BCUT2D eigenvalue weighted by Gasteiger charge is -2.26. The largest absolute Gasteiger partial charge is 0.332 e. The summed E-state index contributed by atoms with van der Waals surface area (Å²) in [5.74, 6) is 0.122. The molecule has 1 aromatic heterocycles. The number of rotatable bonds is 2. The fourth-order valence-electron chi connectivity index (χ4n) is 2.93. The van der Waals surface area contributed by atoms with E-state index in [1.165, 1.54) is 5.56 Å². The SMILES string of the molecule is Cc1ncccc1[C@@H]1CCCN1C(=O)c1ccccc1. The molecule has 0 aliphatic carbocycles. The first kappa shape index (κ1) is 12.9. The summed E-state index contributed by atoms with van der Waals surface area (Å²) in [6.45, 7) is 2.84. The molecule has 20 heavy (non-hydrogen) atoms. The van der Waals surface area contributed by atoms with Crippen molar-refractivity contribution in [2.24, 2.45) is 0 Å². The van der Waals surface area contributed by atoms with Crippen molar-refractivity contribution in [2.75, 3.05) is 6.54 Å². The van der Waals surface area contributed by atoms with Gasteiger partial charge in [-0.25, -0.2) is 0 Å². The molecule has 2 heterocycles. The fraction of sp³-hybridized carbons (Fsp3) is 0.294. The molecule has 1 fully saturated rings. The molecule has 1 aliphatic rings. The molecule has 0 spiro atoms. The number of aromatic nitrogens is 1. The van der Waals surface area contributed by atoms with Gasteiger partial charge in [0.2, 0.25) is 0 Å². The number of aryl methyl sites for hydroxylation is 1. The first-order valence-corrected chi connectivity index (χ1v) is 7.05. The fourth-order valence-corrected chi connectivity index (χ4v) is 2.93. The zero-order valence-corrected chi connectivity index (χ0v) is 11.6. The highest BCUT2D eigenvalue weighted by molar-refractivity contribution is 5.94. The molecule has 2 aromatic rings. The zero-order chi connectivity index (χ0) is 13.9. The molecule has 1 aromatic carbocycles. The number of hydrogen-bond donors (Lipinski definition) is 0. The van der Waals surface area contributed by atoms with Crippen molar-refractivity contribution < 1.29 is 4.79 Å². The third-order valence-corrected chi connectivity index (χ3v) is 3.94. The van der Waals surface area contributed by atoms with Crippen molar-refractivity contribution in [1.29, 1.82) is 0 Å². The maximum absolute atomic E-state index is 12.6. The van der Waals surface area contributed by atoms with Crippen LogP contribution in [0.15, 0.2) is 48.7 Å². The minimum atomic E-state index is 0.122. The number of benzene rings is 1. The summed E-state index contributed by atoms with van der Waals surface area (Å²) in [6, 6.07) is 13.7. The second kappa shape index (κ2) is 5.45. The monoisotopic (exact) mass is 266 g/mol. The lowest BCUT2D eigenvalue weighted by atomic mass is 10.0. The van der Waals surface area contributed by atoms with Gasteiger partial charge in [0.05, 0.1) is 6.04 Å². The van der Waals surface area contributed by atoms with Crippen LogP contribution in [0.25, 0.3) is 0 Å². The number of amides is 1. The molecule has 102 valence electrons. The van der Waals surface area contributed by atoms with Gasteiger partial charge in [-0.05, 0) is 43.5 Å². The Labute approximate surface area is 119 Å². The van der Waals surface area contributed by atoms with E-state index in [0.29, 0.717) is 0 Å². The van der Waals surface area contributed by atoms with Gasteiger partial charge in [0.15, 0.2) is 0 Å². The molecule has 3 heteroatoms. The molecule has 1 aliphatic heterocycles. The van der Waals surface area contributed by atoms with Crippen molar-refractivity contribution in [3.63, 3.8) is 0 Å². The molecule has 3 rings (SSSR count).